The number of imide groups is 1. The van der Waals surface area contributed by atoms with Gasteiger partial charge in [0.2, 0.25) is 5.91 Å². The van der Waals surface area contributed by atoms with Crippen LogP contribution in [0.15, 0.2) is 0 Å². The van der Waals surface area contributed by atoms with Gasteiger partial charge in [-0.25, -0.2) is 0 Å². The Morgan fingerprint density at radius 2 is 2.17 bits per heavy atom. The minimum absolute atomic E-state index is 0.474. The van der Waals surface area contributed by atoms with Crippen LogP contribution < -0.4 is 5.32 Å². The van der Waals surface area contributed by atoms with Crippen molar-refractivity contribution >= 4 is 17.8 Å². The first-order valence-electron chi connectivity index (χ1n) is 3.22. The van der Waals surface area contributed by atoms with Gasteiger partial charge in [-0.3, -0.25) is 19.7 Å². The topological polar surface area (TPSA) is 104 Å². The lowest BCUT2D eigenvalue weighted by molar-refractivity contribution is -0.149. The summed E-state index contributed by atoms with van der Waals surface area (Å²) >= 11 is 0. The van der Waals surface area contributed by atoms with Gasteiger partial charge in [-0.05, 0) is 0 Å². The van der Waals surface area contributed by atoms with E-state index in [1.807, 2.05) is 5.32 Å². The molecule has 3 N–H and O–H groups in total. The van der Waals surface area contributed by atoms with Crippen molar-refractivity contribution in [2.24, 2.45) is 0 Å². The largest absolute Gasteiger partial charge is 0.481 e. The Hall–Kier alpha value is -1.43. The number of amides is 2. The zero-order chi connectivity index (χ0) is 9.35. The molecule has 1 saturated heterocycles. The Morgan fingerprint density at radius 3 is 2.50 bits per heavy atom. The van der Waals surface area contributed by atoms with E-state index >= 15 is 0 Å². The fourth-order valence-corrected chi connectivity index (χ4v) is 1.03. The number of nitrogens with one attached hydrogen (secondary N) is 1. The van der Waals surface area contributed by atoms with Crippen molar-refractivity contribution < 1.29 is 24.6 Å². The van der Waals surface area contributed by atoms with Crippen LogP contribution in [0, 0.1) is 0 Å². The summed E-state index contributed by atoms with van der Waals surface area (Å²) in [5.74, 6) is -2.90. The first-order valence-corrected chi connectivity index (χ1v) is 3.22. The molecule has 0 radical (unpaired) electrons. The first-order chi connectivity index (χ1) is 5.44. The van der Waals surface area contributed by atoms with Crippen LogP contribution in [-0.4, -0.2) is 33.6 Å². The summed E-state index contributed by atoms with van der Waals surface area (Å²) in [6, 6.07) is 0. The van der Waals surface area contributed by atoms with Crippen molar-refractivity contribution in [1.82, 2.24) is 5.32 Å². The Labute approximate surface area is 67.2 Å². The summed E-state index contributed by atoms with van der Waals surface area (Å²) < 4.78 is 0. The number of carboxylic acid groups (broad SMARTS) is 1. The molecule has 66 valence electrons. The molecule has 1 atom stereocenters. The number of carbonyl (C=O) groups excluding carboxylic acids is 2. The number of aliphatic hydroxyl groups is 1. The van der Waals surface area contributed by atoms with Crippen LogP contribution in [0.1, 0.15) is 12.8 Å². The summed E-state index contributed by atoms with van der Waals surface area (Å²) in [4.78, 5) is 31.5. The van der Waals surface area contributed by atoms with Gasteiger partial charge in [0.25, 0.3) is 5.91 Å². The zero-order valence-electron chi connectivity index (χ0n) is 6.03. The molecule has 1 fully saturated rings. The van der Waals surface area contributed by atoms with Gasteiger partial charge in [0.1, 0.15) is 0 Å². The highest BCUT2D eigenvalue weighted by atomic mass is 16.4. The minimum atomic E-state index is -2.05. The normalized spacial score (nSPS) is 28.8. The van der Waals surface area contributed by atoms with E-state index in [2.05, 4.69) is 0 Å². The molecule has 1 heterocycles. The molecule has 0 aromatic carbocycles. The van der Waals surface area contributed by atoms with Gasteiger partial charge in [-0.1, -0.05) is 0 Å². The Kier molecular flexibility index (Phi) is 1.85. The maximum Gasteiger partial charge on any atom is 0.306 e. The molecule has 12 heavy (non-hydrogen) atoms. The fourth-order valence-electron chi connectivity index (χ4n) is 1.03. The third-order valence-corrected chi connectivity index (χ3v) is 1.57. The average Bonchev–Trinajstić information content (AvgIpc) is 2.04. The van der Waals surface area contributed by atoms with Crippen LogP contribution in [0.3, 0.4) is 0 Å². The maximum atomic E-state index is 10.8. The second-order valence-corrected chi connectivity index (χ2v) is 2.66. The van der Waals surface area contributed by atoms with Gasteiger partial charge in [0.15, 0.2) is 5.60 Å². The second-order valence-electron chi connectivity index (χ2n) is 2.66. The highest BCUT2D eigenvalue weighted by Gasteiger charge is 2.46. The monoisotopic (exact) mass is 173 g/mol. The zero-order valence-corrected chi connectivity index (χ0v) is 6.03. The third-order valence-electron chi connectivity index (χ3n) is 1.57. The first kappa shape index (κ1) is 8.66. The predicted octanol–water partition coefficient (Wildman–Crippen LogP) is -1.76. The molecule has 1 rings (SSSR count). The Bertz CT molecular complexity index is 261. The molecule has 0 spiro atoms. The molecular formula is C6H7NO5. The molecule has 0 saturated carbocycles. The van der Waals surface area contributed by atoms with Crippen molar-refractivity contribution in [3.63, 3.8) is 0 Å². The molecular weight excluding hydrogens is 166 g/mol. The summed E-state index contributed by atoms with van der Waals surface area (Å²) in [5.41, 5.74) is -2.05. The van der Waals surface area contributed by atoms with E-state index in [9.17, 15) is 19.5 Å². The lowest BCUT2D eigenvalue weighted by atomic mass is 9.98. The second kappa shape index (κ2) is 2.56. The highest BCUT2D eigenvalue weighted by Crippen LogP contribution is 2.20. The molecule has 0 aliphatic carbocycles. The van der Waals surface area contributed by atoms with Crippen molar-refractivity contribution in [3.05, 3.63) is 0 Å². The van der Waals surface area contributed by atoms with Crippen molar-refractivity contribution in [1.29, 1.82) is 0 Å². The minimum Gasteiger partial charge on any atom is -0.481 e. The molecule has 2 amide bonds. The van der Waals surface area contributed by atoms with Crippen molar-refractivity contribution in [3.8, 4) is 0 Å². The van der Waals surface area contributed by atoms with Crippen LogP contribution in [0.5, 0.6) is 0 Å². The van der Waals surface area contributed by atoms with Gasteiger partial charge in [-0.2, -0.15) is 0 Å². The molecule has 0 bridgehead atoms. The number of carboxylic acids is 1. The summed E-state index contributed by atoms with van der Waals surface area (Å²) in [5, 5.41) is 19.4. The molecule has 1 aliphatic rings. The summed E-state index contributed by atoms with van der Waals surface area (Å²) in [7, 11) is 0. The Balaban J connectivity index is 2.77. The van der Waals surface area contributed by atoms with Crippen LogP contribution >= 0.6 is 0 Å². The van der Waals surface area contributed by atoms with E-state index in [0.29, 0.717) is 0 Å². The van der Waals surface area contributed by atoms with E-state index < -0.39 is 36.2 Å². The van der Waals surface area contributed by atoms with Gasteiger partial charge in [0.05, 0.1) is 12.8 Å². The van der Waals surface area contributed by atoms with E-state index in [1.54, 1.807) is 0 Å². The van der Waals surface area contributed by atoms with Crippen LogP contribution in [0.25, 0.3) is 0 Å². The van der Waals surface area contributed by atoms with Crippen LogP contribution in [0.2, 0.25) is 0 Å². The highest BCUT2D eigenvalue weighted by molar-refractivity contribution is 6.08. The Morgan fingerprint density at radius 1 is 1.58 bits per heavy atom. The molecule has 0 unspecified atom stereocenters. The quantitative estimate of drug-likeness (QED) is 0.429. The fraction of sp³-hybridized carbons (Fsp3) is 0.500. The third kappa shape index (κ3) is 1.42. The van der Waals surface area contributed by atoms with Crippen molar-refractivity contribution in [2.75, 3.05) is 0 Å². The van der Waals surface area contributed by atoms with Gasteiger partial charge in [-0.15, -0.1) is 0 Å². The van der Waals surface area contributed by atoms with Crippen LogP contribution in [0.4, 0.5) is 0 Å². The van der Waals surface area contributed by atoms with E-state index in [4.69, 9.17) is 5.11 Å². The SMILES string of the molecule is O=C(O)C[C@]1(O)CC(=O)NC1=O. The molecule has 1 aliphatic heterocycles. The molecule has 6 nitrogen and oxygen atoms in total. The van der Waals surface area contributed by atoms with Gasteiger partial charge < -0.3 is 10.2 Å². The van der Waals surface area contributed by atoms with Crippen LogP contribution in [-0.2, 0) is 14.4 Å². The number of aliphatic carboxylic acids is 1. The molecule has 6 heteroatoms. The number of carbonyl (C=O) groups is 3. The molecule has 0 aromatic heterocycles. The van der Waals surface area contributed by atoms with Gasteiger partial charge in [0, 0.05) is 0 Å². The number of hydrogen-bond acceptors (Lipinski definition) is 4. The lowest BCUT2D eigenvalue weighted by Gasteiger charge is -2.14. The van der Waals surface area contributed by atoms with E-state index in [1.165, 1.54) is 0 Å². The molecule has 0 aromatic rings. The maximum absolute atomic E-state index is 10.8. The smallest absolute Gasteiger partial charge is 0.306 e. The number of rotatable bonds is 2. The van der Waals surface area contributed by atoms with E-state index in [-0.39, 0.29) is 0 Å². The lowest BCUT2D eigenvalue weighted by Crippen LogP contribution is -2.39. The summed E-state index contributed by atoms with van der Waals surface area (Å²) in [6.07, 6.45) is -1.22. The van der Waals surface area contributed by atoms with Crippen molar-refractivity contribution in [2.45, 2.75) is 18.4 Å². The average molecular weight is 173 g/mol. The standard InChI is InChI=1S/C6H7NO5/c8-3-1-6(12,2-4(9)10)5(11)7-3/h12H,1-2H2,(H,9,10)(H,7,8,11)/t6-/m1/s1. The predicted molar refractivity (Wildman–Crippen MR) is 35.0 cm³/mol. The van der Waals surface area contributed by atoms with Gasteiger partial charge >= 0.3 is 5.97 Å². The number of hydrogen-bond donors (Lipinski definition) is 3. The summed E-state index contributed by atoms with van der Waals surface area (Å²) in [6.45, 7) is 0. The van der Waals surface area contributed by atoms with E-state index in [0.717, 1.165) is 0 Å².